The Morgan fingerprint density at radius 3 is 2.86 bits per heavy atom. The smallest absolute Gasteiger partial charge is 0.248 e. The molecule has 108 valence electrons. The number of nitrogens with one attached hydrogen (secondary N) is 1. The van der Waals surface area contributed by atoms with E-state index in [0.29, 0.717) is 11.6 Å². The molecule has 1 heterocycles. The first-order valence-corrected chi connectivity index (χ1v) is 8.02. The summed E-state index contributed by atoms with van der Waals surface area (Å²) in [6.07, 6.45) is 1.10. The van der Waals surface area contributed by atoms with Gasteiger partial charge in [-0.15, -0.1) is 11.8 Å². The molecule has 2 aromatic rings. The summed E-state index contributed by atoms with van der Waals surface area (Å²) < 4.78 is 0. The third-order valence-electron chi connectivity index (χ3n) is 3.80. The fraction of sp³-hybridized carbons (Fsp3) is 0.235. The van der Waals surface area contributed by atoms with Crippen molar-refractivity contribution in [1.82, 2.24) is 0 Å². The maximum Gasteiger partial charge on any atom is 0.248 e. The molecule has 0 radical (unpaired) electrons. The highest BCUT2D eigenvalue weighted by Gasteiger charge is 2.20. The van der Waals surface area contributed by atoms with Crippen LogP contribution >= 0.6 is 11.8 Å². The Kier molecular flexibility index (Phi) is 3.88. The van der Waals surface area contributed by atoms with Gasteiger partial charge in [0.1, 0.15) is 0 Å². The molecule has 21 heavy (non-hydrogen) atoms. The summed E-state index contributed by atoms with van der Waals surface area (Å²) in [5.74, 6) is 0.733. The van der Waals surface area contributed by atoms with Crippen molar-refractivity contribution < 1.29 is 4.79 Å². The fourth-order valence-corrected chi connectivity index (χ4v) is 3.78. The first kappa shape index (κ1) is 14.0. The normalized spacial score (nSPS) is 17.1. The molecule has 4 heteroatoms. The Morgan fingerprint density at radius 1 is 1.29 bits per heavy atom. The standard InChI is InChI=1S/C17H18N2OS/c1-11-10-12(17(18)20)6-7-14(11)19-15-8-9-21-16-5-3-2-4-13(15)16/h2-7,10,15,19H,8-9H2,1H3,(H2,18,20). The van der Waals surface area contributed by atoms with Gasteiger partial charge in [0.15, 0.2) is 0 Å². The Bertz CT molecular complexity index is 684. The monoisotopic (exact) mass is 298 g/mol. The number of nitrogens with two attached hydrogens (primary N) is 1. The van der Waals surface area contributed by atoms with Crippen molar-refractivity contribution >= 4 is 23.4 Å². The Labute approximate surface area is 128 Å². The van der Waals surface area contributed by atoms with E-state index in [1.165, 1.54) is 10.5 Å². The number of primary amides is 1. The van der Waals surface area contributed by atoms with Crippen molar-refractivity contribution in [3.05, 3.63) is 59.2 Å². The van der Waals surface area contributed by atoms with Gasteiger partial charge >= 0.3 is 0 Å². The predicted molar refractivity (Wildman–Crippen MR) is 87.8 cm³/mol. The molecule has 0 fully saturated rings. The van der Waals surface area contributed by atoms with E-state index < -0.39 is 0 Å². The number of hydrogen-bond acceptors (Lipinski definition) is 3. The van der Waals surface area contributed by atoms with Gasteiger partial charge in [0.2, 0.25) is 5.91 Å². The van der Waals surface area contributed by atoms with E-state index in [0.717, 1.165) is 23.4 Å². The van der Waals surface area contributed by atoms with Crippen LogP contribution in [0.15, 0.2) is 47.4 Å². The van der Waals surface area contributed by atoms with Gasteiger partial charge in [0.05, 0.1) is 6.04 Å². The zero-order valence-electron chi connectivity index (χ0n) is 11.9. The number of amides is 1. The van der Waals surface area contributed by atoms with Gasteiger partial charge in [-0.1, -0.05) is 18.2 Å². The van der Waals surface area contributed by atoms with Crippen molar-refractivity contribution in [1.29, 1.82) is 0 Å². The van der Waals surface area contributed by atoms with Crippen molar-refractivity contribution in [3.8, 4) is 0 Å². The molecule has 1 aliphatic rings. The van der Waals surface area contributed by atoms with E-state index in [4.69, 9.17) is 5.73 Å². The van der Waals surface area contributed by atoms with Gasteiger partial charge in [-0.3, -0.25) is 4.79 Å². The number of carbonyl (C=O) groups excluding carboxylic acids is 1. The molecule has 1 amide bonds. The second-order valence-corrected chi connectivity index (χ2v) is 6.40. The van der Waals surface area contributed by atoms with Gasteiger partial charge in [0, 0.05) is 21.9 Å². The van der Waals surface area contributed by atoms with Crippen LogP contribution in [-0.4, -0.2) is 11.7 Å². The molecule has 0 spiro atoms. The van der Waals surface area contributed by atoms with E-state index in [9.17, 15) is 4.79 Å². The average Bonchev–Trinajstić information content (AvgIpc) is 2.49. The van der Waals surface area contributed by atoms with Crippen molar-refractivity contribution in [2.45, 2.75) is 24.3 Å². The number of benzene rings is 2. The molecule has 2 aromatic carbocycles. The lowest BCUT2D eigenvalue weighted by molar-refractivity contribution is 0.1000. The zero-order chi connectivity index (χ0) is 14.8. The van der Waals surface area contributed by atoms with Gasteiger partial charge in [-0.25, -0.2) is 0 Å². The Balaban J connectivity index is 1.86. The maximum atomic E-state index is 11.2. The number of aryl methyl sites for hydroxylation is 1. The van der Waals surface area contributed by atoms with Crippen LogP contribution in [0.3, 0.4) is 0 Å². The lowest BCUT2D eigenvalue weighted by atomic mass is 10.0. The first-order chi connectivity index (χ1) is 10.1. The Hall–Kier alpha value is -1.94. The Morgan fingerprint density at radius 2 is 2.10 bits per heavy atom. The van der Waals surface area contributed by atoms with E-state index in [1.54, 1.807) is 6.07 Å². The highest BCUT2D eigenvalue weighted by Crippen LogP contribution is 2.38. The minimum absolute atomic E-state index is 0.320. The van der Waals surface area contributed by atoms with Crippen molar-refractivity contribution in [3.63, 3.8) is 0 Å². The number of hydrogen-bond donors (Lipinski definition) is 2. The molecule has 3 N–H and O–H groups in total. The molecular formula is C17H18N2OS. The molecule has 1 unspecified atom stereocenters. The quantitative estimate of drug-likeness (QED) is 0.907. The minimum atomic E-state index is -0.385. The molecule has 0 aliphatic carbocycles. The first-order valence-electron chi connectivity index (χ1n) is 7.04. The largest absolute Gasteiger partial charge is 0.378 e. The summed E-state index contributed by atoms with van der Waals surface area (Å²) in [6, 6.07) is 14.4. The number of rotatable bonds is 3. The highest BCUT2D eigenvalue weighted by molar-refractivity contribution is 7.99. The average molecular weight is 298 g/mol. The lowest BCUT2D eigenvalue weighted by Crippen LogP contribution is -2.17. The zero-order valence-corrected chi connectivity index (χ0v) is 12.7. The molecule has 1 aliphatic heterocycles. The van der Waals surface area contributed by atoms with Crippen LogP contribution in [0.5, 0.6) is 0 Å². The van der Waals surface area contributed by atoms with E-state index >= 15 is 0 Å². The highest BCUT2D eigenvalue weighted by atomic mass is 32.2. The van der Waals surface area contributed by atoms with Gasteiger partial charge < -0.3 is 11.1 Å². The molecule has 3 rings (SSSR count). The predicted octanol–water partition coefficient (Wildman–Crippen LogP) is 3.74. The maximum absolute atomic E-state index is 11.2. The molecule has 0 aromatic heterocycles. The van der Waals surface area contributed by atoms with E-state index in [2.05, 4.69) is 29.6 Å². The van der Waals surface area contributed by atoms with Crippen LogP contribution in [0.25, 0.3) is 0 Å². The minimum Gasteiger partial charge on any atom is -0.378 e. The summed E-state index contributed by atoms with van der Waals surface area (Å²) in [5, 5.41) is 3.61. The summed E-state index contributed by atoms with van der Waals surface area (Å²) in [4.78, 5) is 12.6. The van der Waals surface area contributed by atoms with Crippen LogP contribution < -0.4 is 11.1 Å². The number of carbonyl (C=O) groups is 1. The van der Waals surface area contributed by atoms with Crippen LogP contribution in [0.2, 0.25) is 0 Å². The van der Waals surface area contributed by atoms with Crippen LogP contribution in [-0.2, 0) is 0 Å². The molecule has 3 nitrogen and oxygen atoms in total. The molecule has 0 saturated heterocycles. The van der Waals surface area contributed by atoms with Crippen molar-refractivity contribution in [2.24, 2.45) is 5.73 Å². The van der Waals surface area contributed by atoms with E-state index in [1.807, 2.05) is 30.8 Å². The number of thioether (sulfide) groups is 1. The van der Waals surface area contributed by atoms with Gasteiger partial charge in [0.25, 0.3) is 0 Å². The number of anilines is 1. The second-order valence-electron chi connectivity index (χ2n) is 5.27. The SMILES string of the molecule is Cc1cc(C(N)=O)ccc1NC1CCSc2ccccc21. The lowest BCUT2D eigenvalue weighted by Gasteiger charge is -2.27. The summed E-state index contributed by atoms with van der Waals surface area (Å²) in [7, 11) is 0. The van der Waals surface area contributed by atoms with Crippen LogP contribution in [0.4, 0.5) is 5.69 Å². The fourth-order valence-electron chi connectivity index (χ4n) is 2.66. The van der Waals surface area contributed by atoms with Crippen LogP contribution in [0, 0.1) is 6.92 Å². The third kappa shape index (κ3) is 2.90. The topological polar surface area (TPSA) is 55.1 Å². The molecule has 1 atom stereocenters. The summed E-state index contributed by atoms with van der Waals surface area (Å²) in [5.41, 5.74) is 9.33. The molecular weight excluding hydrogens is 280 g/mol. The molecule has 0 bridgehead atoms. The summed E-state index contributed by atoms with van der Waals surface area (Å²) in [6.45, 7) is 2.00. The van der Waals surface area contributed by atoms with Crippen molar-refractivity contribution in [2.75, 3.05) is 11.1 Å². The van der Waals surface area contributed by atoms with Crippen LogP contribution in [0.1, 0.15) is 33.9 Å². The number of fused-ring (bicyclic) bond motifs is 1. The second kappa shape index (κ2) is 5.82. The third-order valence-corrected chi connectivity index (χ3v) is 4.92. The van der Waals surface area contributed by atoms with Gasteiger partial charge in [-0.2, -0.15) is 0 Å². The molecule has 0 saturated carbocycles. The van der Waals surface area contributed by atoms with E-state index in [-0.39, 0.29) is 5.91 Å². The summed E-state index contributed by atoms with van der Waals surface area (Å²) >= 11 is 1.91. The van der Waals surface area contributed by atoms with Gasteiger partial charge in [-0.05, 0) is 48.7 Å².